The van der Waals surface area contributed by atoms with Crippen LogP contribution < -0.4 is 0 Å². The molecule has 0 amide bonds. The van der Waals surface area contributed by atoms with Crippen LogP contribution in [-0.2, 0) is 23.9 Å². The fourth-order valence-electron chi connectivity index (χ4n) is 9.05. The molecule has 0 aromatic carbocycles. The monoisotopic (exact) mass is 446 g/mol. The molecule has 4 aliphatic rings. The quantitative estimate of drug-likeness (QED) is 0.545. The molecule has 180 valence electrons. The first-order valence-corrected chi connectivity index (χ1v) is 12.9. The lowest BCUT2D eigenvalue weighted by atomic mass is 9.42. The Morgan fingerprint density at radius 2 is 1.81 bits per heavy atom. The third-order valence-corrected chi connectivity index (χ3v) is 10.5. The van der Waals surface area contributed by atoms with Gasteiger partial charge in [-0.05, 0) is 73.5 Å². The van der Waals surface area contributed by atoms with E-state index in [1.807, 2.05) is 0 Å². The highest BCUT2D eigenvalue weighted by molar-refractivity contribution is 5.80. The molecule has 0 radical (unpaired) electrons. The van der Waals surface area contributed by atoms with E-state index in [0.717, 1.165) is 44.9 Å². The number of ketones is 1. The van der Waals surface area contributed by atoms with E-state index in [9.17, 15) is 14.4 Å². The largest absolute Gasteiger partial charge is 0.462 e. The average Bonchev–Trinajstić information content (AvgIpc) is 2.99. The summed E-state index contributed by atoms with van der Waals surface area (Å²) in [7, 11) is 0. The molecule has 4 rings (SSSR count). The number of carbonyl (C=O) groups excluding carboxylic acids is 3. The van der Waals surface area contributed by atoms with Crippen LogP contribution in [0.2, 0.25) is 0 Å². The molecular formula is C27H42O5. The minimum atomic E-state index is -0.225. The van der Waals surface area contributed by atoms with Crippen molar-refractivity contribution in [2.75, 3.05) is 0 Å². The second-order valence-electron chi connectivity index (χ2n) is 11.9. The molecule has 0 N–H and O–H groups in total. The zero-order valence-corrected chi connectivity index (χ0v) is 20.8. The lowest BCUT2D eigenvalue weighted by molar-refractivity contribution is -0.172. The van der Waals surface area contributed by atoms with Crippen LogP contribution in [0.5, 0.6) is 0 Å². The summed E-state index contributed by atoms with van der Waals surface area (Å²) in [4.78, 5) is 36.3. The maximum atomic E-state index is 12.4. The Morgan fingerprint density at radius 3 is 2.44 bits per heavy atom. The predicted octanol–water partition coefficient (Wildman–Crippen LogP) is 5.34. The molecule has 0 aromatic rings. The van der Waals surface area contributed by atoms with Gasteiger partial charge in [0.2, 0.25) is 0 Å². The first-order valence-electron chi connectivity index (χ1n) is 12.9. The highest BCUT2D eigenvalue weighted by atomic mass is 16.6. The van der Waals surface area contributed by atoms with Gasteiger partial charge in [0.15, 0.2) is 0 Å². The molecule has 0 bridgehead atoms. The van der Waals surface area contributed by atoms with Crippen LogP contribution in [0.15, 0.2) is 0 Å². The molecule has 0 spiro atoms. The summed E-state index contributed by atoms with van der Waals surface area (Å²) in [5, 5.41) is 0. The van der Waals surface area contributed by atoms with Crippen molar-refractivity contribution in [1.29, 1.82) is 0 Å². The van der Waals surface area contributed by atoms with Crippen LogP contribution in [0.4, 0.5) is 0 Å². The molecule has 4 saturated carbocycles. The van der Waals surface area contributed by atoms with E-state index < -0.39 is 0 Å². The summed E-state index contributed by atoms with van der Waals surface area (Å²) in [6.07, 6.45) is 7.18. The van der Waals surface area contributed by atoms with Gasteiger partial charge in [0.1, 0.15) is 18.0 Å². The smallest absolute Gasteiger partial charge is 0.302 e. The van der Waals surface area contributed by atoms with Crippen molar-refractivity contribution in [3.05, 3.63) is 0 Å². The van der Waals surface area contributed by atoms with E-state index in [1.54, 1.807) is 0 Å². The van der Waals surface area contributed by atoms with Gasteiger partial charge in [0.05, 0.1) is 0 Å². The Labute approximate surface area is 193 Å². The topological polar surface area (TPSA) is 69.7 Å². The summed E-state index contributed by atoms with van der Waals surface area (Å²) in [5.74, 6) is 2.59. The summed E-state index contributed by atoms with van der Waals surface area (Å²) < 4.78 is 11.8. The van der Waals surface area contributed by atoms with Crippen LogP contribution in [0.3, 0.4) is 0 Å². The van der Waals surface area contributed by atoms with Gasteiger partial charge in [-0.15, -0.1) is 0 Å². The molecule has 4 aliphatic carbocycles. The average molecular weight is 447 g/mol. The minimum absolute atomic E-state index is 0.0814. The van der Waals surface area contributed by atoms with Gasteiger partial charge in [0.25, 0.3) is 0 Å². The second kappa shape index (κ2) is 8.43. The van der Waals surface area contributed by atoms with Crippen LogP contribution in [0, 0.1) is 46.3 Å². The van der Waals surface area contributed by atoms with Crippen molar-refractivity contribution in [3.8, 4) is 0 Å². The first kappa shape index (κ1) is 23.8. The third-order valence-electron chi connectivity index (χ3n) is 10.5. The van der Waals surface area contributed by atoms with Crippen molar-refractivity contribution in [3.63, 3.8) is 0 Å². The maximum Gasteiger partial charge on any atom is 0.302 e. The van der Waals surface area contributed by atoms with Crippen molar-refractivity contribution in [2.24, 2.45) is 46.3 Å². The van der Waals surface area contributed by atoms with E-state index in [0.29, 0.717) is 41.8 Å². The van der Waals surface area contributed by atoms with Gasteiger partial charge in [-0.25, -0.2) is 0 Å². The number of ether oxygens (including phenoxy) is 2. The number of rotatable bonds is 4. The Morgan fingerprint density at radius 1 is 1.09 bits per heavy atom. The molecule has 0 aliphatic heterocycles. The van der Waals surface area contributed by atoms with Crippen molar-refractivity contribution in [2.45, 2.75) is 105 Å². The van der Waals surface area contributed by atoms with E-state index >= 15 is 0 Å². The van der Waals surface area contributed by atoms with E-state index in [-0.39, 0.29) is 40.9 Å². The fraction of sp³-hybridized carbons (Fsp3) is 0.889. The first-order chi connectivity index (χ1) is 15.0. The number of fused-ring (bicyclic) bond motifs is 5. The molecule has 0 unspecified atom stereocenters. The summed E-state index contributed by atoms with van der Waals surface area (Å²) in [6, 6.07) is 0. The van der Waals surface area contributed by atoms with Gasteiger partial charge >= 0.3 is 11.9 Å². The minimum Gasteiger partial charge on any atom is -0.462 e. The van der Waals surface area contributed by atoms with Crippen molar-refractivity contribution in [1.82, 2.24) is 0 Å². The molecule has 0 saturated heterocycles. The van der Waals surface area contributed by atoms with Crippen LogP contribution >= 0.6 is 0 Å². The second-order valence-corrected chi connectivity index (χ2v) is 11.9. The fourth-order valence-corrected chi connectivity index (χ4v) is 9.05. The van der Waals surface area contributed by atoms with Crippen molar-refractivity contribution < 1.29 is 23.9 Å². The number of esters is 2. The molecule has 5 nitrogen and oxygen atoms in total. The van der Waals surface area contributed by atoms with E-state index in [2.05, 4.69) is 27.7 Å². The third kappa shape index (κ3) is 3.62. The summed E-state index contributed by atoms with van der Waals surface area (Å²) in [5.41, 5.74) is 0.105. The molecule has 0 heterocycles. The van der Waals surface area contributed by atoms with Crippen LogP contribution in [0.1, 0.15) is 92.9 Å². The Bertz CT molecular complexity index is 776. The van der Waals surface area contributed by atoms with E-state index in [4.69, 9.17) is 9.47 Å². The zero-order chi connectivity index (χ0) is 23.4. The Balaban J connectivity index is 1.72. The standard InChI is InChI=1S/C27H42O5/c1-7-23(31-16(3)28)21-14-24(32-17(4)29)26(5)11-10-22-20(25(21)26)9-8-18-13-19(30)12-15(2)27(18,22)6/h15,18,20-25H,7-14H2,1-6H3/t15-,18-,20+,21-,22-,23-,24-,25+,26+,27-/m0/s1. The normalized spacial score (nSPS) is 46.4. The van der Waals surface area contributed by atoms with Crippen molar-refractivity contribution >= 4 is 17.7 Å². The number of hydrogen-bond donors (Lipinski definition) is 0. The predicted molar refractivity (Wildman–Crippen MR) is 122 cm³/mol. The highest BCUT2D eigenvalue weighted by Gasteiger charge is 2.65. The van der Waals surface area contributed by atoms with E-state index in [1.165, 1.54) is 13.8 Å². The molecular weight excluding hydrogens is 404 g/mol. The highest BCUT2D eigenvalue weighted by Crippen LogP contribution is 2.69. The number of carbonyl (C=O) groups is 3. The summed E-state index contributed by atoms with van der Waals surface area (Å²) in [6.45, 7) is 12.2. The van der Waals surface area contributed by atoms with Gasteiger partial charge in [0, 0.05) is 38.0 Å². The summed E-state index contributed by atoms with van der Waals surface area (Å²) >= 11 is 0. The molecule has 5 heteroatoms. The molecule has 4 fully saturated rings. The lowest BCUT2D eigenvalue weighted by Gasteiger charge is -2.62. The Kier molecular flexibility index (Phi) is 6.26. The van der Waals surface area contributed by atoms with Gasteiger partial charge in [-0.1, -0.05) is 27.7 Å². The lowest BCUT2D eigenvalue weighted by Crippen LogP contribution is -2.58. The molecule has 32 heavy (non-hydrogen) atoms. The SMILES string of the molecule is CC[C@H](OC(C)=O)[C@@H]1C[C@H](OC(C)=O)[C@@]2(C)CC[C@H]3[C@@H](CC[C@H]4CC(=O)C[C@H](C)[C@@]43C)[C@H]12. The van der Waals surface area contributed by atoms with Crippen LogP contribution in [-0.4, -0.2) is 29.9 Å². The Hall–Kier alpha value is -1.39. The maximum absolute atomic E-state index is 12.4. The number of Topliss-reactive ketones (excluding diaryl/α,β-unsaturated/α-hetero) is 1. The van der Waals surface area contributed by atoms with Gasteiger partial charge in [-0.3, -0.25) is 14.4 Å². The van der Waals surface area contributed by atoms with Gasteiger partial charge in [-0.2, -0.15) is 0 Å². The molecule has 0 aromatic heterocycles. The van der Waals surface area contributed by atoms with Crippen LogP contribution in [0.25, 0.3) is 0 Å². The van der Waals surface area contributed by atoms with Gasteiger partial charge < -0.3 is 9.47 Å². The molecule has 10 atom stereocenters. The zero-order valence-electron chi connectivity index (χ0n) is 20.8. The number of hydrogen-bond acceptors (Lipinski definition) is 5.